The standard InChI is InChI=1S/C16H26N2O2S/c1-16(2,3)14-6-4-5-7-15(14)18-12-8-10-13(11-9-12)21(17,19)20/h8-11,14-15,18H,4-7H2,1-3H3,(H2,17,19,20). The van der Waals surface area contributed by atoms with Crippen molar-refractivity contribution in [1.29, 1.82) is 0 Å². The Morgan fingerprint density at radius 2 is 1.67 bits per heavy atom. The highest BCUT2D eigenvalue weighted by Crippen LogP contribution is 2.39. The summed E-state index contributed by atoms with van der Waals surface area (Å²) in [5.41, 5.74) is 1.24. The van der Waals surface area contributed by atoms with Crippen LogP contribution in [0.15, 0.2) is 29.2 Å². The van der Waals surface area contributed by atoms with E-state index in [0.29, 0.717) is 12.0 Å². The number of benzene rings is 1. The van der Waals surface area contributed by atoms with Gasteiger partial charge in [-0.3, -0.25) is 0 Å². The summed E-state index contributed by atoms with van der Waals surface area (Å²) in [5, 5.41) is 8.70. The van der Waals surface area contributed by atoms with Gasteiger partial charge in [-0.15, -0.1) is 0 Å². The van der Waals surface area contributed by atoms with Crippen molar-refractivity contribution >= 4 is 15.7 Å². The maximum Gasteiger partial charge on any atom is 0.238 e. The molecule has 0 amide bonds. The fourth-order valence-electron chi connectivity index (χ4n) is 3.30. The smallest absolute Gasteiger partial charge is 0.238 e. The SMILES string of the molecule is CC(C)(C)C1CCCCC1Nc1ccc(S(N)(=O)=O)cc1. The lowest BCUT2D eigenvalue weighted by Gasteiger charge is -2.41. The first-order valence-electron chi connectivity index (χ1n) is 7.57. The van der Waals surface area contributed by atoms with Gasteiger partial charge in [0.05, 0.1) is 4.90 Å². The van der Waals surface area contributed by atoms with Crippen molar-refractivity contribution in [3.8, 4) is 0 Å². The summed E-state index contributed by atoms with van der Waals surface area (Å²) in [6.07, 6.45) is 4.96. The Balaban J connectivity index is 2.13. The Morgan fingerprint density at radius 3 is 2.19 bits per heavy atom. The molecule has 0 spiro atoms. The van der Waals surface area contributed by atoms with Crippen LogP contribution >= 0.6 is 0 Å². The lowest BCUT2D eigenvalue weighted by molar-refractivity contribution is 0.163. The van der Waals surface area contributed by atoms with Gasteiger partial charge in [0.25, 0.3) is 0 Å². The fourth-order valence-corrected chi connectivity index (χ4v) is 3.81. The zero-order chi connectivity index (χ0) is 15.7. The van der Waals surface area contributed by atoms with Crippen LogP contribution < -0.4 is 10.5 Å². The van der Waals surface area contributed by atoms with Crippen molar-refractivity contribution < 1.29 is 8.42 Å². The predicted octanol–water partition coefficient (Wildman–Crippen LogP) is 3.35. The third kappa shape index (κ3) is 4.20. The van der Waals surface area contributed by atoms with Crippen LogP contribution in [0.4, 0.5) is 5.69 Å². The van der Waals surface area contributed by atoms with Gasteiger partial charge in [-0.2, -0.15) is 0 Å². The molecule has 5 heteroatoms. The zero-order valence-electron chi connectivity index (χ0n) is 13.1. The fraction of sp³-hybridized carbons (Fsp3) is 0.625. The molecule has 2 rings (SSSR count). The molecule has 0 aromatic heterocycles. The Bertz CT molecular complexity index is 573. The molecule has 1 aliphatic carbocycles. The molecule has 0 bridgehead atoms. The van der Waals surface area contributed by atoms with E-state index in [4.69, 9.17) is 5.14 Å². The van der Waals surface area contributed by atoms with Crippen molar-refractivity contribution in [2.45, 2.75) is 57.4 Å². The molecule has 1 saturated carbocycles. The van der Waals surface area contributed by atoms with E-state index in [2.05, 4.69) is 26.1 Å². The normalized spacial score (nSPS) is 23.8. The third-order valence-electron chi connectivity index (χ3n) is 4.41. The minimum Gasteiger partial charge on any atom is -0.382 e. The lowest BCUT2D eigenvalue weighted by Crippen LogP contribution is -2.39. The van der Waals surface area contributed by atoms with E-state index < -0.39 is 10.0 Å². The zero-order valence-corrected chi connectivity index (χ0v) is 13.9. The van der Waals surface area contributed by atoms with Gasteiger partial charge >= 0.3 is 0 Å². The number of hydrogen-bond acceptors (Lipinski definition) is 3. The number of hydrogen-bond donors (Lipinski definition) is 2. The van der Waals surface area contributed by atoms with Crippen LogP contribution in [0.5, 0.6) is 0 Å². The Hall–Kier alpha value is -1.07. The topological polar surface area (TPSA) is 72.2 Å². The molecule has 1 aromatic carbocycles. The van der Waals surface area contributed by atoms with Gasteiger partial charge < -0.3 is 5.32 Å². The Kier molecular flexibility index (Phi) is 4.63. The molecule has 2 atom stereocenters. The van der Waals surface area contributed by atoms with Crippen LogP contribution in [-0.4, -0.2) is 14.5 Å². The minimum atomic E-state index is -3.61. The highest BCUT2D eigenvalue weighted by atomic mass is 32.2. The van der Waals surface area contributed by atoms with Gasteiger partial charge in [-0.1, -0.05) is 33.6 Å². The first-order valence-corrected chi connectivity index (χ1v) is 9.12. The molecule has 3 N–H and O–H groups in total. The van der Waals surface area contributed by atoms with Crippen molar-refractivity contribution in [2.75, 3.05) is 5.32 Å². The van der Waals surface area contributed by atoms with Gasteiger partial charge in [0, 0.05) is 11.7 Å². The lowest BCUT2D eigenvalue weighted by atomic mass is 9.69. The van der Waals surface area contributed by atoms with Crippen molar-refractivity contribution in [3.63, 3.8) is 0 Å². The molecule has 4 nitrogen and oxygen atoms in total. The van der Waals surface area contributed by atoms with E-state index in [1.807, 2.05) is 0 Å². The van der Waals surface area contributed by atoms with Crippen LogP contribution in [0.3, 0.4) is 0 Å². The molecule has 1 aliphatic rings. The third-order valence-corrected chi connectivity index (χ3v) is 5.34. The van der Waals surface area contributed by atoms with Gasteiger partial charge in [0.15, 0.2) is 0 Å². The maximum absolute atomic E-state index is 11.3. The molecule has 1 aromatic rings. The number of nitrogens with one attached hydrogen (secondary N) is 1. The maximum atomic E-state index is 11.3. The molecule has 21 heavy (non-hydrogen) atoms. The molecule has 0 saturated heterocycles. The minimum absolute atomic E-state index is 0.157. The second-order valence-corrected chi connectivity index (χ2v) is 8.64. The highest BCUT2D eigenvalue weighted by molar-refractivity contribution is 7.89. The monoisotopic (exact) mass is 310 g/mol. The van der Waals surface area contributed by atoms with E-state index in [-0.39, 0.29) is 10.3 Å². The van der Waals surface area contributed by atoms with Crippen LogP contribution in [-0.2, 0) is 10.0 Å². The highest BCUT2D eigenvalue weighted by Gasteiger charge is 2.33. The van der Waals surface area contributed by atoms with Crippen molar-refractivity contribution in [1.82, 2.24) is 0 Å². The van der Waals surface area contributed by atoms with Crippen molar-refractivity contribution in [3.05, 3.63) is 24.3 Å². The molecule has 118 valence electrons. The number of nitrogens with two attached hydrogens (primary N) is 1. The van der Waals surface area contributed by atoms with E-state index in [1.54, 1.807) is 24.3 Å². The quantitative estimate of drug-likeness (QED) is 0.899. The average Bonchev–Trinajstić information content (AvgIpc) is 2.37. The van der Waals surface area contributed by atoms with E-state index in [9.17, 15) is 8.42 Å². The molecule has 0 aliphatic heterocycles. The molecule has 1 fully saturated rings. The molecule has 0 radical (unpaired) electrons. The molecular weight excluding hydrogens is 284 g/mol. The first-order chi connectivity index (χ1) is 9.68. The van der Waals surface area contributed by atoms with Crippen LogP contribution in [0.1, 0.15) is 46.5 Å². The summed E-state index contributed by atoms with van der Waals surface area (Å²) in [5.74, 6) is 0.629. The summed E-state index contributed by atoms with van der Waals surface area (Å²) in [6.45, 7) is 6.88. The van der Waals surface area contributed by atoms with E-state index >= 15 is 0 Å². The molecule has 2 unspecified atom stereocenters. The van der Waals surface area contributed by atoms with Gasteiger partial charge in [0.2, 0.25) is 10.0 Å². The number of rotatable bonds is 3. The predicted molar refractivity (Wildman–Crippen MR) is 86.6 cm³/mol. The molecule has 0 heterocycles. The summed E-state index contributed by atoms with van der Waals surface area (Å²) >= 11 is 0. The molecular formula is C16H26N2O2S. The van der Waals surface area contributed by atoms with E-state index in [0.717, 1.165) is 5.69 Å². The average molecular weight is 310 g/mol. The summed E-state index contributed by atoms with van der Waals surface area (Å²) < 4.78 is 22.6. The largest absolute Gasteiger partial charge is 0.382 e. The van der Waals surface area contributed by atoms with Gasteiger partial charge in [0.1, 0.15) is 0 Å². The Labute approximate surface area is 128 Å². The van der Waals surface area contributed by atoms with Crippen LogP contribution in [0, 0.1) is 11.3 Å². The summed E-state index contributed by atoms with van der Waals surface area (Å²) in [6, 6.07) is 7.17. The number of primary sulfonamides is 1. The summed E-state index contributed by atoms with van der Waals surface area (Å²) in [7, 11) is -3.61. The van der Waals surface area contributed by atoms with Crippen molar-refractivity contribution in [2.24, 2.45) is 16.5 Å². The van der Waals surface area contributed by atoms with Gasteiger partial charge in [-0.25, -0.2) is 13.6 Å². The summed E-state index contributed by atoms with van der Waals surface area (Å²) in [4.78, 5) is 0.157. The van der Waals surface area contributed by atoms with Crippen LogP contribution in [0.2, 0.25) is 0 Å². The second kappa shape index (κ2) is 5.97. The Morgan fingerprint density at radius 1 is 1.10 bits per heavy atom. The number of sulfonamides is 1. The first kappa shape index (κ1) is 16.3. The van der Waals surface area contributed by atoms with Crippen LogP contribution in [0.25, 0.3) is 0 Å². The van der Waals surface area contributed by atoms with E-state index in [1.165, 1.54) is 25.7 Å². The number of anilines is 1. The second-order valence-electron chi connectivity index (χ2n) is 7.08. The van der Waals surface area contributed by atoms with Gasteiger partial charge in [-0.05, 0) is 48.4 Å².